The van der Waals surface area contributed by atoms with Gasteiger partial charge in [-0.15, -0.1) is 0 Å². The topological polar surface area (TPSA) is 29.1 Å². The summed E-state index contributed by atoms with van der Waals surface area (Å²) in [7, 11) is 0. The Kier molecular flexibility index (Phi) is 5.75. The lowest BCUT2D eigenvalue weighted by Gasteiger charge is -2.14. The van der Waals surface area contributed by atoms with Crippen LogP contribution in [0, 0.1) is 5.92 Å². The zero-order valence-electron chi connectivity index (χ0n) is 11.1. The number of amides is 1. The maximum absolute atomic E-state index is 11.8. The average Bonchev–Trinajstić information content (AvgIpc) is 2.29. The molecule has 17 heavy (non-hydrogen) atoms. The molecule has 1 aromatic carbocycles. The Morgan fingerprint density at radius 1 is 1.12 bits per heavy atom. The van der Waals surface area contributed by atoms with Gasteiger partial charge < -0.3 is 5.32 Å². The van der Waals surface area contributed by atoms with E-state index in [1.807, 2.05) is 30.3 Å². The number of hydrogen-bond acceptors (Lipinski definition) is 1. The van der Waals surface area contributed by atoms with Crippen molar-refractivity contribution < 1.29 is 4.79 Å². The number of nitrogens with one attached hydrogen (secondary N) is 1. The van der Waals surface area contributed by atoms with Gasteiger partial charge in [-0.3, -0.25) is 4.79 Å². The summed E-state index contributed by atoms with van der Waals surface area (Å²) in [5.41, 5.74) is 0.739. The highest BCUT2D eigenvalue weighted by molar-refractivity contribution is 5.94. The van der Waals surface area contributed by atoms with E-state index in [4.69, 9.17) is 0 Å². The van der Waals surface area contributed by atoms with E-state index >= 15 is 0 Å². The summed E-state index contributed by atoms with van der Waals surface area (Å²) in [5, 5.41) is 3.03. The first kappa shape index (κ1) is 13.8. The van der Waals surface area contributed by atoms with Crippen LogP contribution < -0.4 is 5.32 Å². The fraction of sp³-hybridized carbons (Fsp3) is 0.533. The van der Waals surface area contributed by atoms with Gasteiger partial charge in [0, 0.05) is 11.6 Å². The predicted molar refractivity (Wildman–Crippen MR) is 72.1 cm³/mol. The molecule has 94 valence electrons. The van der Waals surface area contributed by atoms with Crippen molar-refractivity contribution in [3.63, 3.8) is 0 Å². The van der Waals surface area contributed by atoms with Crippen molar-refractivity contribution in [2.75, 3.05) is 0 Å². The highest BCUT2D eigenvalue weighted by Gasteiger charge is 2.08. The zero-order valence-corrected chi connectivity index (χ0v) is 11.1. The van der Waals surface area contributed by atoms with E-state index in [0.717, 1.165) is 17.9 Å². The van der Waals surface area contributed by atoms with Gasteiger partial charge in [0.1, 0.15) is 0 Å². The standard InChI is InChI=1S/C15H23NO/c1-12(2)8-7-9-13(3)16-15(17)14-10-5-4-6-11-14/h4-6,10-13H,7-9H2,1-3H3,(H,16,17)/t13-/m0/s1. The van der Waals surface area contributed by atoms with Gasteiger partial charge in [0.15, 0.2) is 0 Å². The number of carbonyl (C=O) groups is 1. The molecule has 0 aliphatic carbocycles. The summed E-state index contributed by atoms with van der Waals surface area (Å²) in [6, 6.07) is 9.63. The highest BCUT2D eigenvalue weighted by Crippen LogP contribution is 2.08. The van der Waals surface area contributed by atoms with Crippen molar-refractivity contribution in [2.45, 2.75) is 46.1 Å². The Morgan fingerprint density at radius 3 is 2.35 bits per heavy atom. The molecule has 0 aromatic heterocycles. The minimum Gasteiger partial charge on any atom is -0.350 e. The van der Waals surface area contributed by atoms with Crippen molar-refractivity contribution in [2.24, 2.45) is 5.92 Å². The Morgan fingerprint density at radius 2 is 1.76 bits per heavy atom. The number of benzene rings is 1. The van der Waals surface area contributed by atoms with Gasteiger partial charge in [0.05, 0.1) is 0 Å². The van der Waals surface area contributed by atoms with E-state index in [9.17, 15) is 4.79 Å². The Bertz CT molecular complexity index is 332. The molecule has 1 aromatic rings. The lowest BCUT2D eigenvalue weighted by atomic mass is 10.0. The maximum atomic E-state index is 11.8. The molecule has 0 saturated heterocycles. The number of hydrogen-bond donors (Lipinski definition) is 1. The smallest absolute Gasteiger partial charge is 0.251 e. The minimum atomic E-state index is 0.0302. The zero-order chi connectivity index (χ0) is 12.7. The SMILES string of the molecule is CC(C)CCC[C@H](C)NC(=O)c1ccccc1. The molecule has 0 aliphatic rings. The van der Waals surface area contributed by atoms with Gasteiger partial charge in [-0.2, -0.15) is 0 Å². The van der Waals surface area contributed by atoms with Crippen LogP contribution >= 0.6 is 0 Å². The summed E-state index contributed by atoms with van der Waals surface area (Å²) in [5.74, 6) is 0.773. The van der Waals surface area contributed by atoms with Crippen molar-refractivity contribution in [3.8, 4) is 0 Å². The first-order valence-corrected chi connectivity index (χ1v) is 6.45. The molecule has 2 heteroatoms. The van der Waals surface area contributed by atoms with Crippen molar-refractivity contribution in [1.29, 1.82) is 0 Å². The molecule has 0 spiro atoms. The summed E-state index contributed by atoms with van der Waals surface area (Å²) in [4.78, 5) is 11.8. The van der Waals surface area contributed by atoms with E-state index < -0.39 is 0 Å². The number of rotatable bonds is 6. The van der Waals surface area contributed by atoms with Gasteiger partial charge >= 0.3 is 0 Å². The molecule has 0 saturated carbocycles. The molecule has 1 atom stereocenters. The van der Waals surface area contributed by atoms with E-state index in [1.54, 1.807) is 0 Å². The van der Waals surface area contributed by atoms with Crippen LogP contribution in [0.4, 0.5) is 0 Å². The number of carbonyl (C=O) groups excluding carboxylic acids is 1. The summed E-state index contributed by atoms with van der Waals surface area (Å²) < 4.78 is 0. The largest absolute Gasteiger partial charge is 0.350 e. The minimum absolute atomic E-state index is 0.0302. The molecule has 1 amide bonds. The fourth-order valence-electron chi connectivity index (χ4n) is 1.80. The summed E-state index contributed by atoms with van der Waals surface area (Å²) in [6.07, 6.45) is 3.45. The van der Waals surface area contributed by atoms with Crippen molar-refractivity contribution >= 4 is 5.91 Å². The normalized spacial score (nSPS) is 12.5. The van der Waals surface area contributed by atoms with Gasteiger partial charge in [-0.1, -0.05) is 44.9 Å². The lowest BCUT2D eigenvalue weighted by molar-refractivity contribution is 0.0938. The lowest BCUT2D eigenvalue weighted by Crippen LogP contribution is -2.32. The van der Waals surface area contributed by atoms with E-state index in [-0.39, 0.29) is 11.9 Å². The molecular formula is C15H23NO. The van der Waals surface area contributed by atoms with Gasteiger partial charge in [0.25, 0.3) is 5.91 Å². The molecule has 0 heterocycles. The summed E-state index contributed by atoms with van der Waals surface area (Å²) in [6.45, 7) is 6.53. The predicted octanol–water partition coefficient (Wildman–Crippen LogP) is 3.63. The first-order valence-electron chi connectivity index (χ1n) is 6.45. The third-order valence-electron chi connectivity index (χ3n) is 2.83. The van der Waals surface area contributed by atoms with Crippen molar-refractivity contribution in [1.82, 2.24) is 5.32 Å². The Hall–Kier alpha value is -1.31. The van der Waals surface area contributed by atoms with Crippen molar-refractivity contribution in [3.05, 3.63) is 35.9 Å². The molecule has 2 nitrogen and oxygen atoms in total. The van der Waals surface area contributed by atoms with Crippen LogP contribution in [-0.2, 0) is 0 Å². The quantitative estimate of drug-likeness (QED) is 0.798. The molecule has 1 N–H and O–H groups in total. The van der Waals surface area contributed by atoms with Crippen LogP contribution in [0.3, 0.4) is 0 Å². The molecule has 0 fully saturated rings. The second-order valence-electron chi connectivity index (χ2n) is 5.07. The monoisotopic (exact) mass is 233 g/mol. The van der Waals surface area contributed by atoms with Gasteiger partial charge in [-0.05, 0) is 31.4 Å². The maximum Gasteiger partial charge on any atom is 0.251 e. The fourth-order valence-corrected chi connectivity index (χ4v) is 1.80. The van der Waals surface area contributed by atoms with Crippen LogP contribution in [-0.4, -0.2) is 11.9 Å². The summed E-state index contributed by atoms with van der Waals surface area (Å²) >= 11 is 0. The first-order chi connectivity index (χ1) is 8.09. The molecular weight excluding hydrogens is 210 g/mol. The second kappa shape index (κ2) is 7.10. The van der Waals surface area contributed by atoms with Crippen LogP contribution in [0.25, 0.3) is 0 Å². The van der Waals surface area contributed by atoms with Gasteiger partial charge in [0.2, 0.25) is 0 Å². The van der Waals surface area contributed by atoms with E-state index in [1.165, 1.54) is 12.8 Å². The van der Waals surface area contributed by atoms with Crippen LogP contribution in [0.5, 0.6) is 0 Å². The van der Waals surface area contributed by atoms with E-state index in [2.05, 4.69) is 26.1 Å². The Labute approximate surface area is 104 Å². The molecule has 0 unspecified atom stereocenters. The van der Waals surface area contributed by atoms with Crippen LogP contribution in [0.2, 0.25) is 0 Å². The molecule has 0 bridgehead atoms. The van der Waals surface area contributed by atoms with Crippen LogP contribution in [0.1, 0.15) is 50.4 Å². The Balaban J connectivity index is 2.31. The van der Waals surface area contributed by atoms with Crippen LogP contribution in [0.15, 0.2) is 30.3 Å². The van der Waals surface area contributed by atoms with E-state index in [0.29, 0.717) is 0 Å². The molecule has 0 aliphatic heterocycles. The third kappa shape index (κ3) is 5.53. The molecule has 1 rings (SSSR count). The van der Waals surface area contributed by atoms with Gasteiger partial charge in [-0.25, -0.2) is 0 Å². The average molecular weight is 233 g/mol. The highest BCUT2D eigenvalue weighted by atomic mass is 16.1. The third-order valence-corrected chi connectivity index (χ3v) is 2.83. The second-order valence-corrected chi connectivity index (χ2v) is 5.07. The molecule has 0 radical (unpaired) electrons.